The van der Waals surface area contributed by atoms with Gasteiger partial charge in [0.05, 0.1) is 11.7 Å². The third kappa shape index (κ3) is 2.73. The van der Waals surface area contributed by atoms with E-state index >= 15 is 0 Å². The number of fused-ring (bicyclic) bond motifs is 1. The van der Waals surface area contributed by atoms with Crippen LogP contribution in [0.1, 0.15) is 12.5 Å². The Morgan fingerprint density at radius 3 is 3.25 bits per heavy atom. The summed E-state index contributed by atoms with van der Waals surface area (Å²) >= 11 is 1.31. The summed E-state index contributed by atoms with van der Waals surface area (Å²) in [6, 6.07) is 6.09. The van der Waals surface area contributed by atoms with Crippen LogP contribution in [0.3, 0.4) is 0 Å². The van der Waals surface area contributed by atoms with E-state index in [9.17, 15) is 4.79 Å². The summed E-state index contributed by atoms with van der Waals surface area (Å²) in [6.07, 6.45) is 5.81. The summed E-state index contributed by atoms with van der Waals surface area (Å²) in [5, 5.41) is 8.12. The van der Waals surface area contributed by atoms with Crippen molar-refractivity contribution in [3.05, 3.63) is 36.0 Å². The molecule has 1 heterocycles. The van der Waals surface area contributed by atoms with Crippen molar-refractivity contribution in [2.45, 2.75) is 6.92 Å². The lowest BCUT2D eigenvalue weighted by molar-refractivity contribution is -0.109. The van der Waals surface area contributed by atoms with Crippen LogP contribution in [-0.2, 0) is 4.79 Å². The molecule has 0 aliphatic heterocycles. The monoisotopic (exact) mass is 232 g/mol. The number of carbonyl (C=O) groups excluding carboxylic acids is 1. The van der Waals surface area contributed by atoms with Crippen LogP contribution in [0.2, 0.25) is 0 Å². The van der Waals surface area contributed by atoms with Crippen molar-refractivity contribution in [3.63, 3.8) is 0 Å². The highest BCUT2D eigenvalue weighted by Crippen LogP contribution is 2.14. The van der Waals surface area contributed by atoms with E-state index in [2.05, 4.69) is 16.3 Å². The van der Waals surface area contributed by atoms with E-state index in [1.165, 1.54) is 11.8 Å². The molecule has 1 aromatic heterocycles. The second-order valence-corrected chi connectivity index (χ2v) is 4.62. The maximum absolute atomic E-state index is 10.7. The number of aromatic nitrogens is 2. The van der Waals surface area contributed by atoms with Crippen LogP contribution in [0.25, 0.3) is 17.0 Å². The van der Waals surface area contributed by atoms with Crippen LogP contribution >= 0.6 is 11.8 Å². The van der Waals surface area contributed by atoms with E-state index < -0.39 is 0 Å². The van der Waals surface area contributed by atoms with Gasteiger partial charge in [-0.1, -0.05) is 30.0 Å². The molecule has 0 aliphatic carbocycles. The maximum atomic E-state index is 10.7. The van der Waals surface area contributed by atoms with Gasteiger partial charge in [0.15, 0.2) is 5.12 Å². The van der Waals surface area contributed by atoms with Gasteiger partial charge >= 0.3 is 0 Å². The molecular formula is C12H12N2OS. The molecule has 82 valence electrons. The van der Waals surface area contributed by atoms with E-state index in [1.54, 1.807) is 13.1 Å². The van der Waals surface area contributed by atoms with Gasteiger partial charge in [0.1, 0.15) is 0 Å². The fourth-order valence-electron chi connectivity index (χ4n) is 1.41. The first kappa shape index (κ1) is 11.0. The number of nitrogens with zero attached hydrogens (tertiary/aromatic N) is 1. The van der Waals surface area contributed by atoms with Crippen LogP contribution in [0.15, 0.2) is 30.5 Å². The Balaban J connectivity index is 2.06. The lowest BCUT2D eigenvalue weighted by atomic mass is 10.1. The summed E-state index contributed by atoms with van der Waals surface area (Å²) < 4.78 is 0. The molecule has 0 atom stereocenters. The molecule has 0 saturated heterocycles. The van der Waals surface area contributed by atoms with Crippen molar-refractivity contribution in [1.82, 2.24) is 10.2 Å². The number of thioether (sulfide) groups is 1. The van der Waals surface area contributed by atoms with Crippen molar-refractivity contribution in [1.29, 1.82) is 0 Å². The highest BCUT2D eigenvalue weighted by atomic mass is 32.2. The SMILES string of the molecule is CC(=O)SCC=Cc1ccc2[nH]ncc2c1. The van der Waals surface area contributed by atoms with Gasteiger partial charge in [-0.3, -0.25) is 9.89 Å². The van der Waals surface area contributed by atoms with Gasteiger partial charge in [0, 0.05) is 18.1 Å². The molecule has 0 unspecified atom stereocenters. The molecule has 0 fully saturated rings. The van der Waals surface area contributed by atoms with E-state index in [1.807, 2.05) is 24.3 Å². The van der Waals surface area contributed by atoms with Crippen LogP contribution in [-0.4, -0.2) is 21.1 Å². The fraction of sp³-hybridized carbons (Fsp3) is 0.167. The zero-order valence-electron chi connectivity index (χ0n) is 8.93. The summed E-state index contributed by atoms with van der Waals surface area (Å²) in [5.41, 5.74) is 2.16. The predicted octanol–water partition coefficient (Wildman–Crippen LogP) is 2.86. The molecule has 0 radical (unpaired) electrons. The number of rotatable bonds is 3. The molecule has 0 spiro atoms. The van der Waals surface area contributed by atoms with Crippen molar-refractivity contribution < 1.29 is 4.79 Å². The summed E-state index contributed by atoms with van der Waals surface area (Å²) in [6.45, 7) is 1.58. The quantitative estimate of drug-likeness (QED) is 0.885. The molecule has 3 nitrogen and oxygen atoms in total. The van der Waals surface area contributed by atoms with Gasteiger partial charge in [0.2, 0.25) is 0 Å². The normalized spacial score (nSPS) is 11.3. The lowest BCUT2D eigenvalue weighted by Crippen LogP contribution is -1.81. The minimum Gasteiger partial charge on any atom is -0.288 e. The molecule has 2 aromatic rings. The molecular weight excluding hydrogens is 220 g/mol. The van der Waals surface area contributed by atoms with Gasteiger partial charge in [-0.2, -0.15) is 5.10 Å². The van der Waals surface area contributed by atoms with Gasteiger partial charge in [-0.05, 0) is 17.7 Å². The Morgan fingerprint density at radius 2 is 2.44 bits per heavy atom. The molecule has 4 heteroatoms. The second-order valence-electron chi connectivity index (χ2n) is 3.42. The lowest BCUT2D eigenvalue weighted by Gasteiger charge is -1.93. The Morgan fingerprint density at radius 1 is 1.56 bits per heavy atom. The fourth-order valence-corrected chi connectivity index (χ4v) is 1.84. The Bertz CT molecular complexity index is 531. The number of hydrogen-bond acceptors (Lipinski definition) is 3. The first-order valence-corrected chi connectivity index (χ1v) is 5.97. The maximum Gasteiger partial charge on any atom is 0.186 e. The third-order valence-electron chi connectivity index (χ3n) is 2.16. The summed E-state index contributed by atoms with van der Waals surface area (Å²) in [4.78, 5) is 10.7. The molecule has 1 aromatic carbocycles. The second kappa shape index (κ2) is 4.99. The summed E-state index contributed by atoms with van der Waals surface area (Å²) in [7, 11) is 0. The van der Waals surface area contributed by atoms with Crippen molar-refractivity contribution in [3.8, 4) is 0 Å². The topological polar surface area (TPSA) is 45.8 Å². The Hall–Kier alpha value is -1.55. The van der Waals surface area contributed by atoms with Crippen LogP contribution < -0.4 is 0 Å². The van der Waals surface area contributed by atoms with Gasteiger partial charge in [-0.25, -0.2) is 0 Å². The highest BCUT2D eigenvalue weighted by molar-refractivity contribution is 8.13. The first-order chi connectivity index (χ1) is 7.75. The van der Waals surface area contributed by atoms with E-state index in [0.29, 0.717) is 0 Å². The van der Waals surface area contributed by atoms with Crippen molar-refractivity contribution in [2.24, 2.45) is 0 Å². The average molecular weight is 232 g/mol. The van der Waals surface area contributed by atoms with Crippen molar-refractivity contribution in [2.75, 3.05) is 5.75 Å². The van der Waals surface area contributed by atoms with Gasteiger partial charge in [0.25, 0.3) is 0 Å². The number of H-pyrrole nitrogens is 1. The van der Waals surface area contributed by atoms with Crippen LogP contribution in [0.5, 0.6) is 0 Å². The Labute approximate surface area is 97.9 Å². The standard InChI is InChI=1S/C12H12N2OS/c1-9(15)16-6-2-3-10-4-5-12-11(7-10)8-13-14-12/h2-5,7-8H,6H2,1H3,(H,13,14). The molecule has 2 rings (SSSR count). The Kier molecular flexibility index (Phi) is 3.41. The van der Waals surface area contributed by atoms with E-state index in [0.717, 1.165) is 22.2 Å². The molecule has 1 N–H and O–H groups in total. The third-order valence-corrected chi connectivity index (χ3v) is 2.92. The van der Waals surface area contributed by atoms with Crippen LogP contribution in [0.4, 0.5) is 0 Å². The smallest absolute Gasteiger partial charge is 0.186 e. The van der Waals surface area contributed by atoms with Gasteiger partial charge in [-0.15, -0.1) is 0 Å². The minimum atomic E-state index is 0.148. The molecule has 0 amide bonds. The zero-order valence-corrected chi connectivity index (χ0v) is 9.75. The molecule has 0 aliphatic rings. The number of hydrogen-bond donors (Lipinski definition) is 1. The number of nitrogens with one attached hydrogen (secondary N) is 1. The number of aromatic amines is 1. The number of carbonyl (C=O) groups is 1. The first-order valence-electron chi connectivity index (χ1n) is 4.99. The van der Waals surface area contributed by atoms with Gasteiger partial charge < -0.3 is 0 Å². The number of benzene rings is 1. The predicted molar refractivity (Wildman–Crippen MR) is 68.3 cm³/mol. The average Bonchev–Trinajstić information content (AvgIpc) is 2.71. The summed E-state index contributed by atoms with van der Waals surface area (Å²) in [5.74, 6) is 0.721. The minimum absolute atomic E-state index is 0.148. The molecule has 0 bridgehead atoms. The molecule has 16 heavy (non-hydrogen) atoms. The highest BCUT2D eigenvalue weighted by Gasteiger charge is 1.95. The largest absolute Gasteiger partial charge is 0.288 e. The zero-order chi connectivity index (χ0) is 11.4. The van der Waals surface area contributed by atoms with E-state index in [-0.39, 0.29) is 5.12 Å². The van der Waals surface area contributed by atoms with E-state index in [4.69, 9.17) is 0 Å². The van der Waals surface area contributed by atoms with Crippen molar-refractivity contribution >= 4 is 33.9 Å². The molecule has 0 saturated carbocycles. The van der Waals surface area contributed by atoms with Crippen LogP contribution in [0, 0.1) is 0 Å².